The number of hydroxylamine groups is 2. The van der Waals surface area contributed by atoms with Gasteiger partial charge in [0.2, 0.25) is 5.78 Å². The highest BCUT2D eigenvalue weighted by atomic mass is 16.7. The number of nitrogens with zero attached hydrogens (tertiary/aromatic N) is 2. The van der Waals surface area contributed by atoms with Crippen molar-refractivity contribution in [1.29, 1.82) is 0 Å². The minimum Gasteiger partial charge on any atom is -0.481 e. The number of pyridine rings is 1. The van der Waals surface area contributed by atoms with Gasteiger partial charge in [-0.15, -0.1) is 0 Å². The van der Waals surface area contributed by atoms with E-state index in [9.17, 15) is 9.59 Å². The van der Waals surface area contributed by atoms with Crippen LogP contribution in [0.25, 0.3) is 17.1 Å². The summed E-state index contributed by atoms with van der Waals surface area (Å²) in [6, 6.07) is 3.73. The van der Waals surface area contributed by atoms with Gasteiger partial charge in [-0.2, -0.15) is 5.06 Å². The van der Waals surface area contributed by atoms with E-state index in [4.69, 9.17) is 24.2 Å². The number of hydrogen-bond acceptors (Lipinski definition) is 8. The lowest BCUT2D eigenvalue weighted by molar-refractivity contribution is -0.214. The predicted octanol–water partition coefficient (Wildman–Crippen LogP) is 2.58. The van der Waals surface area contributed by atoms with Crippen LogP contribution in [0.5, 0.6) is 0 Å². The van der Waals surface area contributed by atoms with Crippen molar-refractivity contribution >= 4 is 34.8 Å². The maximum Gasteiger partial charge on any atom is 0.345 e. The average molecular weight is 455 g/mol. The molecule has 174 valence electrons. The number of carbonyl (C=O) groups excluding carboxylic acids is 2. The molecule has 3 aliphatic rings. The van der Waals surface area contributed by atoms with E-state index in [1.165, 1.54) is 0 Å². The minimum atomic E-state index is -0.833. The normalized spacial score (nSPS) is 25.1. The van der Waals surface area contributed by atoms with Crippen LogP contribution in [0.1, 0.15) is 38.7 Å². The van der Waals surface area contributed by atoms with Gasteiger partial charge in [-0.3, -0.25) is 14.4 Å². The number of H-pyrrole nitrogens is 1. The van der Waals surface area contributed by atoms with Crippen LogP contribution in [0.2, 0.25) is 0 Å². The molecule has 2 saturated heterocycles. The van der Waals surface area contributed by atoms with E-state index < -0.39 is 23.3 Å². The van der Waals surface area contributed by atoms with Crippen LogP contribution in [-0.2, 0) is 28.7 Å². The van der Waals surface area contributed by atoms with E-state index in [1.54, 1.807) is 25.4 Å². The van der Waals surface area contributed by atoms with Crippen molar-refractivity contribution in [2.45, 2.75) is 38.7 Å². The third kappa shape index (κ3) is 4.39. The fraction of sp³-hybridized carbons (Fsp3) is 0.391. The van der Waals surface area contributed by atoms with E-state index >= 15 is 0 Å². The van der Waals surface area contributed by atoms with E-state index in [0.29, 0.717) is 18.5 Å². The van der Waals surface area contributed by atoms with Crippen LogP contribution in [0, 0.1) is 0 Å². The third-order valence-electron chi connectivity index (χ3n) is 5.61. The Kier molecular flexibility index (Phi) is 6.30. The van der Waals surface area contributed by atoms with Crippen LogP contribution < -0.4 is 0 Å². The molecule has 0 amide bonds. The van der Waals surface area contributed by atoms with Crippen molar-refractivity contribution in [2.24, 2.45) is 0 Å². The number of Topliss-reactive ketones (excluding diaryl/α,β-unsaturated/α-hetero) is 1. The summed E-state index contributed by atoms with van der Waals surface area (Å²) in [5, 5.41) is 10.2. The molecule has 5 rings (SSSR count). The number of ketones is 1. The molecule has 2 aromatic heterocycles. The summed E-state index contributed by atoms with van der Waals surface area (Å²) in [5.74, 6) is -1.60. The zero-order valence-corrected chi connectivity index (χ0v) is 18.4. The van der Waals surface area contributed by atoms with Crippen molar-refractivity contribution < 1.29 is 33.8 Å². The van der Waals surface area contributed by atoms with E-state index in [-0.39, 0.29) is 23.7 Å². The summed E-state index contributed by atoms with van der Waals surface area (Å²) >= 11 is 0. The standard InChI is InChI=1S/C21H21N3O5.C2H4O2/c1-2-27-20(26)16-17(25)15(11-13-12-23-19-14(13)5-3-8-22-19)28-18(16)21-6-4-9-24(29-21)10-7-21;1-2(3)4/h3,5,8,11-12H,2,4,6-7,9-10H2,1H3,(H,22,23);1H3,(H,3,4). The molecule has 0 aliphatic carbocycles. The molecule has 3 aliphatic heterocycles. The number of carboxylic acid groups (broad SMARTS) is 1. The number of rotatable bonds is 4. The van der Waals surface area contributed by atoms with Gasteiger partial charge in [-0.05, 0) is 38.0 Å². The molecule has 5 heterocycles. The molecule has 2 atom stereocenters. The molecular weight excluding hydrogens is 430 g/mol. The molecule has 33 heavy (non-hydrogen) atoms. The lowest BCUT2D eigenvalue weighted by Crippen LogP contribution is -2.39. The van der Waals surface area contributed by atoms with Crippen LogP contribution in [0.3, 0.4) is 0 Å². The molecule has 2 unspecified atom stereocenters. The first-order valence-electron chi connectivity index (χ1n) is 10.8. The van der Waals surface area contributed by atoms with Crippen LogP contribution in [0.15, 0.2) is 41.6 Å². The van der Waals surface area contributed by atoms with Crippen molar-refractivity contribution in [3.05, 3.63) is 47.2 Å². The Balaban J connectivity index is 0.000000601. The Morgan fingerprint density at radius 3 is 2.91 bits per heavy atom. The fourth-order valence-corrected chi connectivity index (χ4v) is 4.26. The molecule has 10 nitrogen and oxygen atoms in total. The average Bonchev–Trinajstić information content (AvgIpc) is 3.43. The van der Waals surface area contributed by atoms with Crippen LogP contribution >= 0.6 is 0 Å². The van der Waals surface area contributed by atoms with Crippen molar-refractivity contribution in [2.75, 3.05) is 19.7 Å². The van der Waals surface area contributed by atoms with Crippen molar-refractivity contribution in [1.82, 2.24) is 15.0 Å². The maximum atomic E-state index is 13.2. The van der Waals surface area contributed by atoms with Gasteiger partial charge >= 0.3 is 5.97 Å². The number of ether oxygens (including phenoxy) is 2. The summed E-state index contributed by atoms with van der Waals surface area (Å²) in [4.78, 5) is 48.2. The second-order valence-electron chi connectivity index (χ2n) is 7.90. The molecule has 10 heteroatoms. The summed E-state index contributed by atoms with van der Waals surface area (Å²) < 4.78 is 11.2. The number of carboxylic acids is 1. The molecule has 0 spiro atoms. The summed E-state index contributed by atoms with van der Waals surface area (Å²) in [5.41, 5.74) is 0.632. The Bertz CT molecular complexity index is 1160. The molecular formula is C23H25N3O7. The summed E-state index contributed by atoms with van der Waals surface area (Å²) in [7, 11) is 0. The maximum absolute atomic E-state index is 13.2. The van der Waals surface area contributed by atoms with E-state index in [0.717, 1.165) is 37.4 Å². The number of aromatic nitrogens is 2. The highest BCUT2D eigenvalue weighted by Crippen LogP contribution is 2.46. The highest BCUT2D eigenvalue weighted by molar-refractivity contribution is 6.26. The number of allylic oxidation sites excluding steroid dienone is 1. The largest absolute Gasteiger partial charge is 0.481 e. The Labute approximate surface area is 189 Å². The topological polar surface area (TPSA) is 131 Å². The van der Waals surface area contributed by atoms with Gasteiger partial charge in [0.05, 0.1) is 6.61 Å². The highest BCUT2D eigenvalue weighted by Gasteiger charge is 2.53. The Morgan fingerprint density at radius 1 is 1.36 bits per heavy atom. The second-order valence-corrected chi connectivity index (χ2v) is 7.90. The zero-order chi connectivity index (χ0) is 23.6. The molecule has 0 radical (unpaired) electrons. The number of aliphatic carboxylic acids is 1. The number of nitrogens with one attached hydrogen (secondary N) is 1. The molecule has 2 N–H and O–H groups in total. The lowest BCUT2D eigenvalue weighted by Gasteiger charge is -2.33. The van der Waals surface area contributed by atoms with Gasteiger partial charge < -0.3 is 19.6 Å². The quantitative estimate of drug-likeness (QED) is 0.406. The number of hydrogen-bond donors (Lipinski definition) is 2. The Morgan fingerprint density at radius 2 is 2.15 bits per heavy atom. The van der Waals surface area contributed by atoms with Crippen LogP contribution in [0.4, 0.5) is 0 Å². The van der Waals surface area contributed by atoms with E-state index in [1.807, 2.05) is 17.2 Å². The lowest BCUT2D eigenvalue weighted by atomic mass is 9.89. The second kappa shape index (κ2) is 9.16. The number of aromatic amines is 1. The number of carbonyl (C=O) groups is 3. The fourth-order valence-electron chi connectivity index (χ4n) is 4.26. The number of esters is 1. The van der Waals surface area contributed by atoms with Crippen LogP contribution in [-0.4, -0.2) is 63.2 Å². The minimum absolute atomic E-state index is 0.0557. The van der Waals surface area contributed by atoms with Gasteiger partial charge in [-0.25, -0.2) is 9.78 Å². The van der Waals surface area contributed by atoms with E-state index in [2.05, 4.69) is 9.97 Å². The van der Waals surface area contributed by atoms with Gasteiger partial charge in [0, 0.05) is 49.8 Å². The zero-order valence-electron chi connectivity index (χ0n) is 18.4. The third-order valence-corrected chi connectivity index (χ3v) is 5.61. The molecule has 2 aromatic rings. The summed E-state index contributed by atoms with van der Waals surface area (Å²) in [6.45, 7) is 4.55. The van der Waals surface area contributed by atoms with Gasteiger partial charge in [0.25, 0.3) is 5.97 Å². The first kappa shape index (κ1) is 22.7. The van der Waals surface area contributed by atoms with Gasteiger partial charge in [0.1, 0.15) is 11.2 Å². The first-order chi connectivity index (χ1) is 15.8. The molecule has 0 saturated carbocycles. The molecule has 2 fully saturated rings. The van der Waals surface area contributed by atoms with Gasteiger partial charge in [0.15, 0.2) is 17.1 Å². The monoisotopic (exact) mass is 455 g/mol. The summed E-state index contributed by atoms with van der Waals surface area (Å²) in [6.07, 6.45) is 7.36. The predicted molar refractivity (Wildman–Crippen MR) is 116 cm³/mol. The SMILES string of the molecule is CC(=O)O.CCOC(=O)C1=C(C23CCCN(CC2)O3)OC(=Cc2c[nH]c3ncccc23)C1=O. The molecule has 2 bridgehead atoms. The van der Waals surface area contributed by atoms with Crippen molar-refractivity contribution in [3.8, 4) is 0 Å². The number of fused-ring (bicyclic) bond motifs is 3. The van der Waals surface area contributed by atoms with Crippen molar-refractivity contribution in [3.63, 3.8) is 0 Å². The first-order valence-corrected chi connectivity index (χ1v) is 10.8. The molecule has 0 aromatic carbocycles. The van der Waals surface area contributed by atoms with Gasteiger partial charge in [-0.1, -0.05) is 0 Å². The Hall–Kier alpha value is -3.50. The smallest absolute Gasteiger partial charge is 0.345 e.